The molecule has 0 aliphatic heterocycles. The highest BCUT2D eigenvalue weighted by molar-refractivity contribution is 5.81. The number of Topliss-reactive ketones (excluding diaryl/α,β-unsaturated/α-hetero) is 1. The lowest BCUT2D eigenvalue weighted by molar-refractivity contribution is -0.124. The highest BCUT2D eigenvalue weighted by Gasteiger charge is 2.53. The molecule has 25 heavy (non-hydrogen) atoms. The highest BCUT2D eigenvalue weighted by Crippen LogP contribution is 2.62. The molecule has 0 aromatic heterocycles. The van der Waals surface area contributed by atoms with Gasteiger partial charge >= 0.3 is 0 Å². The molecule has 146 valence electrons. The summed E-state index contributed by atoms with van der Waals surface area (Å²) in [7, 11) is 0. The Morgan fingerprint density at radius 2 is 1.36 bits per heavy atom. The van der Waals surface area contributed by atoms with Crippen LogP contribution in [0.1, 0.15) is 129 Å². The van der Waals surface area contributed by atoms with Crippen molar-refractivity contribution in [3.8, 4) is 0 Å². The highest BCUT2D eigenvalue weighted by atomic mass is 16.1. The number of ketones is 1. The van der Waals surface area contributed by atoms with E-state index in [4.69, 9.17) is 0 Å². The van der Waals surface area contributed by atoms with Crippen molar-refractivity contribution in [2.24, 2.45) is 17.3 Å². The van der Waals surface area contributed by atoms with Crippen molar-refractivity contribution < 1.29 is 4.79 Å². The average molecular weight is 349 g/mol. The summed E-state index contributed by atoms with van der Waals surface area (Å²) in [6, 6.07) is 0. The Morgan fingerprint density at radius 1 is 0.840 bits per heavy atom. The molecule has 0 bridgehead atoms. The minimum Gasteiger partial charge on any atom is -0.299 e. The summed E-state index contributed by atoms with van der Waals surface area (Å²) in [5.74, 6) is 1.91. The molecule has 0 aromatic carbocycles. The topological polar surface area (TPSA) is 17.1 Å². The van der Waals surface area contributed by atoms with Crippen LogP contribution in [0, 0.1) is 17.3 Å². The van der Waals surface area contributed by atoms with Crippen LogP contribution < -0.4 is 0 Å². The zero-order valence-electron chi connectivity index (χ0n) is 17.3. The van der Waals surface area contributed by atoms with Gasteiger partial charge in [0.2, 0.25) is 0 Å². The van der Waals surface area contributed by atoms with E-state index >= 15 is 0 Å². The molecule has 1 heteroatoms. The van der Waals surface area contributed by atoms with Gasteiger partial charge < -0.3 is 0 Å². The number of rotatable bonds is 15. The second kappa shape index (κ2) is 11.4. The maximum absolute atomic E-state index is 12.4. The maximum atomic E-state index is 12.4. The SMILES string of the molecule is CCCCCCCCCCCCCCCC(=O)C1CCC2(C)CC2C1. The van der Waals surface area contributed by atoms with Crippen molar-refractivity contribution in [3.63, 3.8) is 0 Å². The van der Waals surface area contributed by atoms with Crippen LogP contribution in [0.2, 0.25) is 0 Å². The monoisotopic (exact) mass is 348 g/mol. The van der Waals surface area contributed by atoms with Crippen LogP contribution in [-0.2, 0) is 4.79 Å². The van der Waals surface area contributed by atoms with Crippen LogP contribution in [0.5, 0.6) is 0 Å². The summed E-state index contributed by atoms with van der Waals surface area (Å²) in [5.41, 5.74) is 0.645. The number of hydrogen-bond donors (Lipinski definition) is 0. The second-order valence-electron chi connectivity index (χ2n) is 9.49. The molecule has 0 amide bonds. The number of hydrogen-bond acceptors (Lipinski definition) is 1. The molecule has 0 heterocycles. The fourth-order valence-electron chi connectivity index (χ4n) is 4.96. The first-order chi connectivity index (χ1) is 12.2. The van der Waals surface area contributed by atoms with E-state index in [2.05, 4.69) is 13.8 Å². The lowest BCUT2D eigenvalue weighted by Crippen LogP contribution is -2.21. The molecule has 3 unspecified atom stereocenters. The Balaban J connectivity index is 1.32. The summed E-state index contributed by atoms with van der Waals surface area (Å²) in [5, 5.41) is 0. The molecule has 2 fully saturated rings. The number of carbonyl (C=O) groups excluding carboxylic acids is 1. The molecular formula is C24H44O. The molecular weight excluding hydrogens is 304 g/mol. The lowest BCUT2D eigenvalue weighted by Gasteiger charge is -2.24. The predicted molar refractivity (Wildman–Crippen MR) is 109 cm³/mol. The third-order valence-electron chi connectivity index (χ3n) is 7.15. The molecule has 0 aromatic rings. The Kier molecular flexibility index (Phi) is 9.56. The minimum absolute atomic E-state index is 0.429. The van der Waals surface area contributed by atoms with Crippen molar-refractivity contribution in [1.29, 1.82) is 0 Å². The molecule has 0 saturated heterocycles. The van der Waals surface area contributed by atoms with Gasteiger partial charge in [0.15, 0.2) is 0 Å². The largest absolute Gasteiger partial charge is 0.299 e. The quantitative estimate of drug-likeness (QED) is 0.275. The molecule has 2 saturated carbocycles. The summed E-state index contributed by atoms with van der Waals surface area (Å²) >= 11 is 0. The van der Waals surface area contributed by atoms with Crippen LogP contribution in [0.4, 0.5) is 0 Å². The molecule has 0 spiro atoms. The van der Waals surface area contributed by atoms with E-state index in [1.165, 1.54) is 103 Å². The third-order valence-corrected chi connectivity index (χ3v) is 7.15. The Bertz CT molecular complexity index is 374. The molecule has 2 aliphatic carbocycles. The van der Waals surface area contributed by atoms with Gasteiger partial charge in [-0.05, 0) is 43.4 Å². The minimum atomic E-state index is 0.429. The molecule has 0 N–H and O–H groups in total. The Hall–Kier alpha value is -0.330. The summed E-state index contributed by atoms with van der Waals surface area (Å²) in [6.07, 6.45) is 23.9. The smallest absolute Gasteiger partial charge is 0.135 e. The van der Waals surface area contributed by atoms with E-state index in [-0.39, 0.29) is 0 Å². The van der Waals surface area contributed by atoms with Crippen molar-refractivity contribution in [2.45, 2.75) is 129 Å². The first-order valence-electron chi connectivity index (χ1n) is 11.7. The van der Waals surface area contributed by atoms with Gasteiger partial charge in [-0.1, -0.05) is 90.9 Å². The number of unbranched alkanes of at least 4 members (excludes halogenated alkanes) is 12. The lowest BCUT2D eigenvalue weighted by atomic mass is 9.80. The predicted octanol–water partition coefficient (Wildman–Crippen LogP) is 7.86. The van der Waals surface area contributed by atoms with Crippen LogP contribution >= 0.6 is 0 Å². The van der Waals surface area contributed by atoms with Gasteiger partial charge in [0.05, 0.1) is 0 Å². The van der Waals surface area contributed by atoms with E-state index in [1.54, 1.807) is 0 Å². The Morgan fingerprint density at radius 3 is 1.88 bits per heavy atom. The van der Waals surface area contributed by atoms with Gasteiger partial charge in [-0.15, -0.1) is 0 Å². The first kappa shape index (κ1) is 21.0. The van der Waals surface area contributed by atoms with Gasteiger partial charge in [0.25, 0.3) is 0 Å². The normalized spacial score (nSPS) is 27.9. The fourth-order valence-corrected chi connectivity index (χ4v) is 4.96. The molecule has 1 nitrogen and oxygen atoms in total. The standard InChI is InChI=1S/C24H44O/c1-3-4-5-6-7-8-9-10-11-12-13-14-15-16-23(25)21-17-18-24(2)20-22(24)19-21/h21-22H,3-20H2,1-2H3. The van der Waals surface area contributed by atoms with Gasteiger partial charge in [-0.3, -0.25) is 4.79 Å². The first-order valence-corrected chi connectivity index (χ1v) is 11.7. The van der Waals surface area contributed by atoms with E-state index in [1.807, 2.05) is 0 Å². The zero-order valence-corrected chi connectivity index (χ0v) is 17.3. The van der Waals surface area contributed by atoms with Gasteiger partial charge in [0.1, 0.15) is 5.78 Å². The Labute approximate surface area is 157 Å². The van der Waals surface area contributed by atoms with Crippen molar-refractivity contribution in [3.05, 3.63) is 0 Å². The van der Waals surface area contributed by atoms with Crippen LogP contribution in [0.3, 0.4) is 0 Å². The van der Waals surface area contributed by atoms with E-state index in [0.717, 1.165) is 18.8 Å². The summed E-state index contributed by atoms with van der Waals surface area (Å²) in [4.78, 5) is 12.4. The van der Waals surface area contributed by atoms with E-state index < -0.39 is 0 Å². The van der Waals surface area contributed by atoms with E-state index in [9.17, 15) is 4.79 Å². The summed E-state index contributed by atoms with van der Waals surface area (Å²) < 4.78 is 0. The molecule has 2 aliphatic rings. The van der Waals surface area contributed by atoms with Crippen molar-refractivity contribution >= 4 is 5.78 Å². The summed E-state index contributed by atoms with van der Waals surface area (Å²) in [6.45, 7) is 4.71. The van der Waals surface area contributed by atoms with Gasteiger partial charge in [-0.25, -0.2) is 0 Å². The molecule has 3 atom stereocenters. The van der Waals surface area contributed by atoms with Gasteiger partial charge in [-0.2, -0.15) is 0 Å². The van der Waals surface area contributed by atoms with Gasteiger partial charge in [0, 0.05) is 12.3 Å². The van der Waals surface area contributed by atoms with E-state index in [0.29, 0.717) is 17.1 Å². The fraction of sp³-hybridized carbons (Fsp3) is 0.958. The van der Waals surface area contributed by atoms with Crippen LogP contribution in [0.25, 0.3) is 0 Å². The average Bonchev–Trinajstić information content (AvgIpc) is 3.29. The number of carbonyl (C=O) groups is 1. The van der Waals surface area contributed by atoms with Crippen LogP contribution in [-0.4, -0.2) is 5.78 Å². The second-order valence-corrected chi connectivity index (χ2v) is 9.49. The number of fused-ring (bicyclic) bond motifs is 1. The maximum Gasteiger partial charge on any atom is 0.135 e. The molecule has 0 radical (unpaired) electrons. The third kappa shape index (κ3) is 7.83. The zero-order chi connectivity index (χ0) is 18.0. The van der Waals surface area contributed by atoms with Crippen molar-refractivity contribution in [2.75, 3.05) is 0 Å². The molecule has 2 rings (SSSR count). The van der Waals surface area contributed by atoms with Crippen LogP contribution in [0.15, 0.2) is 0 Å². The van der Waals surface area contributed by atoms with Crippen molar-refractivity contribution in [1.82, 2.24) is 0 Å².